The Labute approximate surface area is 125 Å². The molecule has 0 amide bonds. The van der Waals surface area contributed by atoms with Crippen LogP contribution in [0.2, 0.25) is 0 Å². The van der Waals surface area contributed by atoms with Crippen LogP contribution in [0.4, 0.5) is 0 Å². The first-order valence-corrected chi connectivity index (χ1v) is 8.82. The van der Waals surface area contributed by atoms with Gasteiger partial charge >= 0.3 is 0 Å². The van der Waals surface area contributed by atoms with E-state index in [4.69, 9.17) is 9.47 Å². The fraction of sp³-hybridized carbons (Fsp3) is 1.00. The molecule has 118 valence electrons. The topological polar surface area (TPSA) is 18.5 Å². The summed E-state index contributed by atoms with van der Waals surface area (Å²) in [5, 5.41) is 0. The molecule has 0 bridgehead atoms. The van der Waals surface area contributed by atoms with Gasteiger partial charge in [-0.2, -0.15) is 0 Å². The van der Waals surface area contributed by atoms with E-state index in [1.54, 1.807) is 0 Å². The van der Waals surface area contributed by atoms with Crippen LogP contribution < -0.4 is 0 Å². The zero-order valence-electron chi connectivity index (χ0n) is 13.8. The Bertz CT molecular complexity index is 261. The zero-order valence-corrected chi connectivity index (χ0v) is 13.8. The minimum Gasteiger partial charge on any atom is -0.381 e. The number of hydrogen-bond donors (Lipinski definition) is 0. The van der Waals surface area contributed by atoms with Crippen LogP contribution in [-0.2, 0) is 9.47 Å². The molecule has 0 radical (unpaired) electrons. The van der Waals surface area contributed by atoms with E-state index in [9.17, 15) is 0 Å². The molecular formula is C18H34O2. The highest BCUT2D eigenvalue weighted by Crippen LogP contribution is 2.46. The van der Waals surface area contributed by atoms with Crippen molar-refractivity contribution >= 4 is 0 Å². The van der Waals surface area contributed by atoms with Crippen LogP contribution in [0.15, 0.2) is 0 Å². The van der Waals surface area contributed by atoms with E-state index in [-0.39, 0.29) is 5.60 Å². The molecule has 0 N–H and O–H groups in total. The summed E-state index contributed by atoms with van der Waals surface area (Å²) in [6, 6.07) is 0. The highest BCUT2D eigenvalue weighted by atomic mass is 16.5. The molecule has 2 aliphatic rings. The molecule has 2 saturated carbocycles. The lowest BCUT2D eigenvalue weighted by Gasteiger charge is -2.47. The van der Waals surface area contributed by atoms with E-state index in [0.717, 1.165) is 11.8 Å². The van der Waals surface area contributed by atoms with E-state index in [2.05, 4.69) is 6.92 Å². The number of rotatable bonds is 6. The van der Waals surface area contributed by atoms with E-state index < -0.39 is 0 Å². The van der Waals surface area contributed by atoms with Crippen molar-refractivity contribution in [3.05, 3.63) is 0 Å². The van der Waals surface area contributed by atoms with Gasteiger partial charge in [-0.1, -0.05) is 26.2 Å². The maximum atomic E-state index is 6.10. The minimum absolute atomic E-state index is 0.196. The standard InChI is InChI=1S/C18H34O2/c1-4-5-6-15-11-13-18(20-3,14-12-15)16-7-9-17(19-2)10-8-16/h15-17H,4-14H2,1-3H3. The van der Waals surface area contributed by atoms with Gasteiger partial charge < -0.3 is 9.47 Å². The summed E-state index contributed by atoms with van der Waals surface area (Å²) >= 11 is 0. The largest absolute Gasteiger partial charge is 0.381 e. The van der Waals surface area contributed by atoms with Crippen LogP contribution in [-0.4, -0.2) is 25.9 Å². The van der Waals surface area contributed by atoms with Crippen molar-refractivity contribution in [2.45, 2.75) is 89.3 Å². The second-order valence-corrected chi connectivity index (χ2v) is 7.06. The molecule has 0 aromatic heterocycles. The number of methoxy groups -OCH3 is 2. The molecule has 2 aliphatic carbocycles. The SMILES string of the molecule is CCCCC1CCC(OC)(C2CCC(OC)CC2)CC1. The highest BCUT2D eigenvalue weighted by molar-refractivity contribution is 4.94. The number of ether oxygens (including phenoxy) is 2. The third-order valence-corrected chi connectivity index (χ3v) is 6.08. The molecule has 2 fully saturated rings. The molecule has 0 saturated heterocycles. The molecule has 2 rings (SSSR count). The van der Waals surface area contributed by atoms with Gasteiger partial charge in [0.25, 0.3) is 0 Å². The van der Waals surface area contributed by atoms with Crippen molar-refractivity contribution in [3.63, 3.8) is 0 Å². The lowest BCUT2D eigenvalue weighted by Crippen LogP contribution is -2.45. The molecule has 0 aromatic rings. The average molecular weight is 282 g/mol. The fourth-order valence-corrected chi connectivity index (χ4v) is 4.55. The molecular weight excluding hydrogens is 248 g/mol. The van der Waals surface area contributed by atoms with Gasteiger partial charge in [0, 0.05) is 14.2 Å². The molecule has 0 aliphatic heterocycles. The molecule has 0 unspecified atom stereocenters. The van der Waals surface area contributed by atoms with Crippen molar-refractivity contribution in [2.24, 2.45) is 11.8 Å². The van der Waals surface area contributed by atoms with Gasteiger partial charge in [-0.05, 0) is 63.2 Å². The van der Waals surface area contributed by atoms with E-state index >= 15 is 0 Å². The zero-order chi connectivity index (χ0) is 14.4. The summed E-state index contributed by atoms with van der Waals surface area (Å²) < 4.78 is 11.6. The van der Waals surface area contributed by atoms with Crippen LogP contribution in [0.3, 0.4) is 0 Å². The Morgan fingerprint density at radius 1 is 0.950 bits per heavy atom. The van der Waals surface area contributed by atoms with Gasteiger partial charge in [-0.25, -0.2) is 0 Å². The minimum atomic E-state index is 0.196. The summed E-state index contributed by atoms with van der Waals surface area (Å²) in [6.07, 6.45) is 15.1. The first-order valence-electron chi connectivity index (χ1n) is 8.82. The third-order valence-electron chi connectivity index (χ3n) is 6.08. The predicted octanol–water partition coefficient (Wildman–Crippen LogP) is 4.96. The summed E-state index contributed by atoms with van der Waals surface area (Å²) in [5.41, 5.74) is 0.196. The highest BCUT2D eigenvalue weighted by Gasteiger charge is 2.43. The number of unbranched alkanes of at least 4 members (excludes halogenated alkanes) is 1. The molecule has 0 heterocycles. The summed E-state index contributed by atoms with van der Waals surface area (Å²) in [4.78, 5) is 0. The molecule has 2 heteroatoms. The van der Waals surface area contributed by atoms with Gasteiger partial charge in [0.1, 0.15) is 0 Å². The van der Waals surface area contributed by atoms with E-state index in [1.165, 1.54) is 70.6 Å². The summed E-state index contributed by atoms with van der Waals surface area (Å²) in [7, 11) is 3.81. The summed E-state index contributed by atoms with van der Waals surface area (Å²) in [6.45, 7) is 2.30. The average Bonchev–Trinajstić information content (AvgIpc) is 2.53. The van der Waals surface area contributed by atoms with Crippen molar-refractivity contribution < 1.29 is 9.47 Å². The van der Waals surface area contributed by atoms with Gasteiger partial charge in [-0.15, -0.1) is 0 Å². The lowest BCUT2D eigenvalue weighted by atomic mass is 9.66. The van der Waals surface area contributed by atoms with Gasteiger partial charge in [-0.3, -0.25) is 0 Å². The molecule has 2 nitrogen and oxygen atoms in total. The monoisotopic (exact) mass is 282 g/mol. The maximum Gasteiger partial charge on any atom is 0.0707 e. The van der Waals surface area contributed by atoms with Gasteiger partial charge in [0.2, 0.25) is 0 Å². The normalized spacial score (nSPS) is 38.9. The van der Waals surface area contributed by atoms with Gasteiger partial charge in [0.15, 0.2) is 0 Å². The Balaban J connectivity index is 1.85. The second kappa shape index (κ2) is 7.79. The predicted molar refractivity (Wildman–Crippen MR) is 84.0 cm³/mol. The van der Waals surface area contributed by atoms with E-state index in [1.807, 2.05) is 14.2 Å². The maximum absolute atomic E-state index is 6.10. The first kappa shape index (κ1) is 16.3. The van der Waals surface area contributed by atoms with Crippen LogP contribution in [0.1, 0.15) is 77.6 Å². The molecule has 0 aromatic carbocycles. The van der Waals surface area contributed by atoms with Crippen molar-refractivity contribution in [2.75, 3.05) is 14.2 Å². The molecule has 0 atom stereocenters. The quantitative estimate of drug-likeness (QED) is 0.685. The van der Waals surface area contributed by atoms with Crippen LogP contribution >= 0.6 is 0 Å². The second-order valence-electron chi connectivity index (χ2n) is 7.06. The van der Waals surface area contributed by atoms with Crippen LogP contribution in [0.5, 0.6) is 0 Å². The Morgan fingerprint density at radius 3 is 2.10 bits per heavy atom. The van der Waals surface area contributed by atoms with Crippen molar-refractivity contribution in [1.82, 2.24) is 0 Å². The summed E-state index contributed by atoms with van der Waals surface area (Å²) in [5.74, 6) is 1.74. The molecule has 20 heavy (non-hydrogen) atoms. The molecule has 0 spiro atoms. The van der Waals surface area contributed by atoms with Crippen molar-refractivity contribution in [1.29, 1.82) is 0 Å². The van der Waals surface area contributed by atoms with Crippen LogP contribution in [0.25, 0.3) is 0 Å². The Morgan fingerprint density at radius 2 is 1.60 bits per heavy atom. The fourth-order valence-electron chi connectivity index (χ4n) is 4.55. The van der Waals surface area contributed by atoms with Gasteiger partial charge in [0.05, 0.1) is 11.7 Å². The lowest BCUT2D eigenvalue weighted by molar-refractivity contribution is -0.111. The Kier molecular flexibility index (Phi) is 6.35. The number of hydrogen-bond acceptors (Lipinski definition) is 2. The van der Waals surface area contributed by atoms with Crippen LogP contribution in [0, 0.1) is 11.8 Å². The first-order chi connectivity index (χ1) is 9.74. The third kappa shape index (κ3) is 3.76. The smallest absolute Gasteiger partial charge is 0.0707 e. The van der Waals surface area contributed by atoms with E-state index in [0.29, 0.717) is 6.10 Å². The Hall–Kier alpha value is -0.0800. The van der Waals surface area contributed by atoms with Crippen molar-refractivity contribution in [3.8, 4) is 0 Å².